The Bertz CT molecular complexity index is 981. The van der Waals surface area contributed by atoms with E-state index in [-0.39, 0.29) is 11.9 Å². The molecule has 0 saturated carbocycles. The molecule has 0 spiro atoms. The van der Waals surface area contributed by atoms with Crippen LogP contribution in [0, 0.1) is 0 Å². The van der Waals surface area contributed by atoms with Crippen molar-refractivity contribution in [3.05, 3.63) is 76.4 Å². The predicted octanol–water partition coefficient (Wildman–Crippen LogP) is 6.64. The van der Waals surface area contributed by atoms with Gasteiger partial charge >= 0.3 is 0 Å². The number of rotatable bonds is 9. The van der Waals surface area contributed by atoms with Gasteiger partial charge in [-0.25, -0.2) is 0 Å². The van der Waals surface area contributed by atoms with Crippen LogP contribution in [0.15, 0.2) is 54.6 Å². The molecular weight excluding hydrogens is 394 g/mol. The lowest BCUT2D eigenvalue weighted by atomic mass is 9.96. The van der Waals surface area contributed by atoms with E-state index < -0.39 is 0 Å². The van der Waals surface area contributed by atoms with Crippen LogP contribution in [0.5, 0.6) is 0 Å². The molecule has 0 radical (unpaired) electrons. The molecule has 0 unspecified atom stereocenters. The predicted molar refractivity (Wildman–Crippen MR) is 122 cm³/mol. The van der Waals surface area contributed by atoms with Crippen molar-refractivity contribution >= 4 is 17.5 Å². The molecule has 0 saturated heterocycles. The van der Waals surface area contributed by atoms with Crippen LogP contribution < -0.4 is 0 Å². The maximum absolute atomic E-state index is 13.3. The zero-order valence-corrected chi connectivity index (χ0v) is 18.2. The Morgan fingerprint density at radius 1 is 0.967 bits per heavy atom. The number of amides is 1. The number of fused-ring (bicyclic) bond motifs is 1. The normalized spacial score (nSPS) is 15.6. The fraction of sp³-hybridized carbons (Fsp3) is 0.360. The summed E-state index contributed by atoms with van der Waals surface area (Å²) >= 11 is 6.07. The molecule has 2 aromatic carbocycles. The lowest BCUT2D eigenvalue weighted by molar-refractivity contribution is 0.0740. The van der Waals surface area contributed by atoms with Crippen LogP contribution in [0.4, 0.5) is 0 Å². The summed E-state index contributed by atoms with van der Waals surface area (Å²) in [5.74, 6) is 0.0418. The van der Waals surface area contributed by atoms with Crippen LogP contribution in [0.25, 0.3) is 11.3 Å². The van der Waals surface area contributed by atoms with Crippen molar-refractivity contribution in [2.75, 3.05) is 6.54 Å². The van der Waals surface area contributed by atoms with E-state index in [1.165, 1.54) is 25.7 Å². The summed E-state index contributed by atoms with van der Waals surface area (Å²) in [6.07, 6.45) is 7.21. The Kier molecular flexibility index (Phi) is 6.53. The maximum Gasteiger partial charge on any atom is 0.273 e. The largest absolute Gasteiger partial charge is 0.326 e. The van der Waals surface area contributed by atoms with Crippen molar-refractivity contribution in [1.29, 1.82) is 0 Å². The number of nitrogens with zero attached hydrogens (tertiary/aromatic N) is 2. The number of carbonyl (C=O) groups is 1. The SMILES string of the molecule is CCCCCCCCN1C(=O)c2[nH]nc(-c3ccc(Cl)cc3)c2[C@H]1c1ccccc1. The van der Waals surface area contributed by atoms with Crippen molar-refractivity contribution in [2.24, 2.45) is 0 Å². The molecular formula is C25H28ClN3O. The summed E-state index contributed by atoms with van der Waals surface area (Å²) in [5.41, 5.74) is 4.49. The van der Waals surface area contributed by atoms with E-state index in [4.69, 9.17) is 11.6 Å². The van der Waals surface area contributed by atoms with Crippen LogP contribution in [0.2, 0.25) is 5.02 Å². The minimum absolute atomic E-state index is 0.0418. The van der Waals surface area contributed by atoms with E-state index in [0.717, 1.165) is 41.8 Å². The Labute approximate surface area is 183 Å². The Morgan fingerprint density at radius 2 is 1.67 bits per heavy atom. The first-order valence-electron chi connectivity index (χ1n) is 10.9. The monoisotopic (exact) mass is 421 g/mol. The summed E-state index contributed by atoms with van der Waals surface area (Å²) in [4.78, 5) is 15.3. The Hall–Kier alpha value is -2.59. The molecule has 0 fully saturated rings. The molecule has 156 valence electrons. The number of H-pyrrole nitrogens is 1. The van der Waals surface area contributed by atoms with Gasteiger partial charge in [-0.2, -0.15) is 5.10 Å². The number of aromatic nitrogens is 2. The number of aromatic amines is 1. The number of nitrogens with one attached hydrogen (secondary N) is 1. The molecule has 0 bridgehead atoms. The molecule has 4 nitrogen and oxygen atoms in total. The fourth-order valence-electron chi connectivity index (χ4n) is 4.30. The number of unbranched alkanes of at least 4 members (excludes halogenated alkanes) is 5. The minimum atomic E-state index is -0.117. The summed E-state index contributed by atoms with van der Waals surface area (Å²) in [6.45, 7) is 2.99. The molecule has 1 N–H and O–H groups in total. The third-order valence-electron chi connectivity index (χ3n) is 5.85. The van der Waals surface area contributed by atoms with Gasteiger partial charge in [0.05, 0.1) is 11.7 Å². The van der Waals surface area contributed by atoms with Crippen molar-refractivity contribution < 1.29 is 4.79 Å². The lowest BCUT2D eigenvalue weighted by Crippen LogP contribution is -2.30. The number of carbonyl (C=O) groups excluding carboxylic acids is 1. The van der Waals surface area contributed by atoms with Crippen LogP contribution in [-0.4, -0.2) is 27.5 Å². The molecule has 1 aromatic heterocycles. The van der Waals surface area contributed by atoms with E-state index in [2.05, 4.69) is 29.3 Å². The summed E-state index contributed by atoms with van der Waals surface area (Å²) in [6, 6.07) is 17.8. The highest BCUT2D eigenvalue weighted by molar-refractivity contribution is 6.30. The van der Waals surface area contributed by atoms with Crippen LogP contribution in [0.3, 0.4) is 0 Å². The number of benzene rings is 2. The van der Waals surface area contributed by atoms with E-state index >= 15 is 0 Å². The molecule has 1 atom stereocenters. The molecule has 30 heavy (non-hydrogen) atoms. The standard InChI is InChI=1S/C25H28ClN3O/c1-2-3-4-5-6-10-17-29-24(19-11-8-7-9-12-19)21-22(27-28-23(21)25(29)30)18-13-15-20(26)16-14-18/h7-9,11-16,24H,2-6,10,17H2,1H3,(H,27,28)/t24-/m1/s1. The van der Waals surface area contributed by atoms with Crippen LogP contribution in [0.1, 0.15) is 73.1 Å². The Balaban J connectivity index is 1.63. The topological polar surface area (TPSA) is 49.0 Å². The quantitative estimate of drug-likeness (QED) is 0.394. The van der Waals surface area contributed by atoms with Crippen molar-refractivity contribution in [3.63, 3.8) is 0 Å². The highest BCUT2D eigenvalue weighted by atomic mass is 35.5. The van der Waals surface area contributed by atoms with Gasteiger partial charge in [-0.15, -0.1) is 0 Å². The van der Waals surface area contributed by atoms with Crippen LogP contribution in [-0.2, 0) is 0 Å². The van der Waals surface area contributed by atoms with Gasteiger partial charge in [-0.1, -0.05) is 93.1 Å². The zero-order chi connectivity index (χ0) is 20.9. The summed E-state index contributed by atoms with van der Waals surface area (Å²) < 4.78 is 0. The van der Waals surface area contributed by atoms with Crippen LogP contribution >= 0.6 is 11.6 Å². The van der Waals surface area contributed by atoms with Gasteiger partial charge in [0.25, 0.3) is 5.91 Å². The molecule has 3 aromatic rings. The van der Waals surface area contributed by atoms with E-state index in [1.807, 2.05) is 47.4 Å². The van der Waals surface area contributed by atoms with Gasteiger partial charge in [-0.05, 0) is 24.1 Å². The number of hydrogen-bond acceptors (Lipinski definition) is 2. The van der Waals surface area contributed by atoms with Gasteiger partial charge in [-0.3, -0.25) is 9.89 Å². The van der Waals surface area contributed by atoms with Crippen molar-refractivity contribution in [2.45, 2.75) is 51.5 Å². The van der Waals surface area contributed by atoms with Gasteiger partial charge in [0.2, 0.25) is 0 Å². The second-order valence-corrected chi connectivity index (χ2v) is 8.38. The van der Waals surface area contributed by atoms with E-state index in [1.54, 1.807) is 0 Å². The number of hydrogen-bond donors (Lipinski definition) is 1. The van der Waals surface area contributed by atoms with Gasteiger partial charge in [0.15, 0.2) is 0 Å². The first-order chi connectivity index (χ1) is 14.7. The summed E-state index contributed by atoms with van der Waals surface area (Å²) in [5, 5.41) is 8.22. The first kappa shape index (κ1) is 20.7. The molecule has 1 aliphatic rings. The smallest absolute Gasteiger partial charge is 0.273 e. The number of halogens is 1. The highest BCUT2D eigenvalue weighted by Crippen LogP contribution is 2.42. The average molecular weight is 422 g/mol. The van der Waals surface area contributed by atoms with E-state index in [0.29, 0.717) is 10.7 Å². The van der Waals surface area contributed by atoms with E-state index in [9.17, 15) is 4.79 Å². The first-order valence-corrected chi connectivity index (χ1v) is 11.3. The lowest BCUT2D eigenvalue weighted by Gasteiger charge is -2.26. The van der Waals surface area contributed by atoms with Crippen molar-refractivity contribution in [3.8, 4) is 11.3 Å². The fourth-order valence-corrected chi connectivity index (χ4v) is 4.43. The maximum atomic E-state index is 13.3. The summed E-state index contributed by atoms with van der Waals surface area (Å²) in [7, 11) is 0. The minimum Gasteiger partial charge on any atom is -0.326 e. The second-order valence-electron chi connectivity index (χ2n) is 7.95. The third-order valence-corrected chi connectivity index (χ3v) is 6.10. The van der Waals surface area contributed by atoms with Gasteiger partial charge < -0.3 is 4.90 Å². The highest BCUT2D eigenvalue weighted by Gasteiger charge is 2.41. The molecule has 1 amide bonds. The molecule has 1 aliphatic heterocycles. The zero-order valence-electron chi connectivity index (χ0n) is 17.4. The third kappa shape index (κ3) is 4.15. The molecule has 5 heteroatoms. The second kappa shape index (κ2) is 9.48. The van der Waals surface area contributed by atoms with Crippen molar-refractivity contribution in [1.82, 2.24) is 15.1 Å². The average Bonchev–Trinajstić information content (AvgIpc) is 3.31. The van der Waals surface area contributed by atoms with Gasteiger partial charge in [0, 0.05) is 22.7 Å². The Morgan fingerprint density at radius 3 is 2.40 bits per heavy atom. The molecule has 4 rings (SSSR count). The molecule has 0 aliphatic carbocycles. The molecule has 2 heterocycles. The van der Waals surface area contributed by atoms with Gasteiger partial charge in [0.1, 0.15) is 5.69 Å².